The third kappa shape index (κ3) is 4.95. The highest BCUT2D eigenvalue weighted by Crippen LogP contribution is 2.23. The predicted molar refractivity (Wildman–Crippen MR) is 97.2 cm³/mol. The van der Waals surface area contributed by atoms with Gasteiger partial charge in [0.2, 0.25) is 0 Å². The summed E-state index contributed by atoms with van der Waals surface area (Å²) in [6, 6.07) is 11.2. The van der Waals surface area contributed by atoms with E-state index in [1.807, 2.05) is 31.2 Å². The van der Waals surface area contributed by atoms with Crippen molar-refractivity contribution in [1.82, 2.24) is 9.88 Å². The molecule has 0 spiro atoms. The Morgan fingerprint density at radius 2 is 2.04 bits per heavy atom. The Bertz CT molecular complexity index is 720. The monoisotopic (exact) mass is 356 g/mol. The van der Waals surface area contributed by atoms with Crippen LogP contribution in [0.5, 0.6) is 11.5 Å². The number of hydrogen-bond acceptors (Lipinski definition) is 5. The average molecular weight is 356 g/mol. The van der Waals surface area contributed by atoms with Gasteiger partial charge in [0.1, 0.15) is 23.7 Å². The Kier molecular flexibility index (Phi) is 5.73. The van der Waals surface area contributed by atoms with Crippen LogP contribution in [0.4, 0.5) is 0 Å². The summed E-state index contributed by atoms with van der Waals surface area (Å²) < 4.78 is 11.2. The number of aliphatic hydroxyl groups is 1. The first-order valence-corrected chi connectivity index (χ1v) is 8.77. The fourth-order valence-electron chi connectivity index (χ4n) is 2.96. The van der Waals surface area contributed by atoms with E-state index in [1.165, 1.54) is 0 Å². The van der Waals surface area contributed by atoms with E-state index in [9.17, 15) is 9.90 Å². The molecule has 1 fully saturated rings. The minimum atomic E-state index is -1.05. The molecule has 0 aliphatic carbocycles. The second-order valence-electron chi connectivity index (χ2n) is 6.72. The van der Waals surface area contributed by atoms with Crippen molar-refractivity contribution >= 4 is 5.91 Å². The highest BCUT2D eigenvalue weighted by atomic mass is 16.5. The summed E-state index contributed by atoms with van der Waals surface area (Å²) in [5, 5.41) is 10.8. The van der Waals surface area contributed by atoms with Crippen molar-refractivity contribution in [2.75, 3.05) is 26.3 Å². The Morgan fingerprint density at radius 3 is 2.77 bits per heavy atom. The third-order valence-electron chi connectivity index (χ3n) is 4.43. The first-order chi connectivity index (χ1) is 12.5. The number of piperidine rings is 1. The SMILES string of the molecule is Cc1ccc(OC[C@@]2(O)CCCN(C(=O)COc3cccnc3)C2)cc1. The fourth-order valence-corrected chi connectivity index (χ4v) is 2.96. The lowest BCUT2D eigenvalue weighted by atomic mass is 9.93. The van der Waals surface area contributed by atoms with Gasteiger partial charge in [-0.2, -0.15) is 0 Å². The van der Waals surface area contributed by atoms with Crippen molar-refractivity contribution in [3.05, 3.63) is 54.4 Å². The number of aromatic nitrogens is 1. The van der Waals surface area contributed by atoms with Crippen LogP contribution in [-0.2, 0) is 4.79 Å². The zero-order valence-electron chi connectivity index (χ0n) is 14.9. The minimum absolute atomic E-state index is 0.0689. The molecule has 1 aromatic heterocycles. The summed E-state index contributed by atoms with van der Waals surface area (Å²) in [6.07, 6.45) is 4.54. The molecular weight excluding hydrogens is 332 g/mol. The van der Waals surface area contributed by atoms with Gasteiger partial charge in [0, 0.05) is 12.7 Å². The zero-order chi connectivity index (χ0) is 18.4. The number of pyridine rings is 1. The van der Waals surface area contributed by atoms with Crippen LogP contribution in [-0.4, -0.2) is 52.8 Å². The number of aryl methyl sites for hydroxylation is 1. The number of rotatable bonds is 6. The minimum Gasteiger partial charge on any atom is -0.491 e. The Labute approximate surface area is 153 Å². The van der Waals surface area contributed by atoms with Crippen molar-refractivity contribution in [3.63, 3.8) is 0 Å². The van der Waals surface area contributed by atoms with Gasteiger partial charge in [-0.3, -0.25) is 9.78 Å². The first-order valence-electron chi connectivity index (χ1n) is 8.77. The van der Waals surface area contributed by atoms with Crippen LogP contribution in [0.15, 0.2) is 48.8 Å². The van der Waals surface area contributed by atoms with Crippen molar-refractivity contribution in [1.29, 1.82) is 0 Å². The summed E-state index contributed by atoms with van der Waals surface area (Å²) in [5.74, 6) is 1.12. The molecule has 0 saturated carbocycles. The summed E-state index contributed by atoms with van der Waals surface area (Å²) >= 11 is 0. The lowest BCUT2D eigenvalue weighted by Crippen LogP contribution is -2.54. The van der Waals surface area contributed by atoms with Gasteiger partial charge < -0.3 is 19.5 Å². The molecule has 1 aliphatic rings. The average Bonchev–Trinajstić information content (AvgIpc) is 2.66. The molecule has 2 aromatic rings. The van der Waals surface area contributed by atoms with Gasteiger partial charge in [0.25, 0.3) is 5.91 Å². The molecule has 0 bridgehead atoms. The predicted octanol–water partition coefficient (Wildman–Crippen LogP) is 2.20. The summed E-state index contributed by atoms with van der Waals surface area (Å²) in [5.41, 5.74) is 0.103. The first kappa shape index (κ1) is 18.2. The third-order valence-corrected chi connectivity index (χ3v) is 4.43. The lowest BCUT2D eigenvalue weighted by Gasteiger charge is -2.38. The van der Waals surface area contributed by atoms with Gasteiger partial charge >= 0.3 is 0 Å². The van der Waals surface area contributed by atoms with E-state index in [-0.39, 0.29) is 25.7 Å². The maximum atomic E-state index is 12.4. The van der Waals surface area contributed by atoms with Gasteiger partial charge in [-0.25, -0.2) is 0 Å². The van der Waals surface area contributed by atoms with Crippen LogP contribution in [0, 0.1) is 6.92 Å². The molecule has 0 unspecified atom stereocenters. The maximum Gasteiger partial charge on any atom is 0.260 e. The van der Waals surface area contributed by atoms with Crippen LogP contribution in [0.2, 0.25) is 0 Å². The van der Waals surface area contributed by atoms with E-state index in [0.717, 1.165) is 12.0 Å². The highest BCUT2D eigenvalue weighted by molar-refractivity contribution is 5.78. The fraction of sp³-hybridized carbons (Fsp3) is 0.400. The number of benzene rings is 1. The molecule has 138 valence electrons. The largest absolute Gasteiger partial charge is 0.491 e. The number of carbonyl (C=O) groups excluding carboxylic acids is 1. The normalized spacial score (nSPS) is 19.8. The molecule has 26 heavy (non-hydrogen) atoms. The van der Waals surface area contributed by atoms with Crippen LogP contribution in [0.3, 0.4) is 0 Å². The number of amides is 1. The van der Waals surface area contributed by atoms with Gasteiger partial charge in [-0.15, -0.1) is 0 Å². The van der Waals surface area contributed by atoms with Crippen LogP contribution >= 0.6 is 0 Å². The molecular formula is C20H24N2O4. The summed E-state index contributed by atoms with van der Waals surface area (Å²) in [7, 11) is 0. The zero-order valence-corrected chi connectivity index (χ0v) is 14.9. The quantitative estimate of drug-likeness (QED) is 0.859. The van der Waals surface area contributed by atoms with Gasteiger partial charge in [-0.05, 0) is 44.0 Å². The number of hydrogen-bond donors (Lipinski definition) is 1. The van der Waals surface area contributed by atoms with Crippen molar-refractivity contribution in [2.45, 2.75) is 25.4 Å². The Morgan fingerprint density at radius 1 is 1.23 bits per heavy atom. The van der Waals surface area contributed by atoms with Crippen molar-refractivity contribution in [3.8, 4) is 11.5 Å². The van der Waals surface area contributed by atoms with E-state index in [1.54, 1.807) is 29.4 Å². The highest BCUT2D eigenvalue weighted by Gasteiger charge is 2.36. The van der Waals surface area contributed by atoms with Gasteiger partial charge in [0.15, 0.2) is 6.61 Å². The lowest BCUT2D eigenvalue weighted by molar-refractivity contribution is -0.142. The number of nitrogens with zero attached hydrogens (tertiary/aromatic N) is 2. The number of β-amino-alcohol motifs (C(OH)–C–C–N with tert-alkyl or cyclic N) is 1. The molecule has 0 radical (unpaired) electrons. The molecule has 1 aliphatic heterocycles. The molecule has 1 saturated heterocycles. The number of ether oxygens (including phenoxy) is 2. The second kappa shape index (κ2) is 8.19. The Balaban J connectivity index is 1.52. The molecule has 1 amide bonds. The second-order valence-corrected chi connectivity index (χ2v) is 6.72. The standard InChI is InChI=1S/C20H24N2O4/c1-16-5-7-17(8-6-16)26-15-20(24)9-3-11-22(14-20)19(23)13-25-18-4-2-10-21-12-18/h2,4-8,10,12,24H,3,9,11,13-15H2,1H3/t20-/m1/s1. The van der Waals surface area contributed by atoms with Crippen molar-refractivity contribution < 1.29 is 19.4 Å². The molecule has 1 aromatic carbocycles. The van der Waals surface area contributed by atoms with E-state index in [4.69, 9.17) is 9.47 Å². The van der Waals surface area contributed by atoms with Crippen LogP contribution in [0.25, 0.3) is 0 Å². The molecule has 2 heterocycles. The molecule has 1 atom stereocenters. The topological polar surface area (TPSA) is 71.9 Å². The van der Waals surface area contributed by atoms with E-state index >= 15 is 0 Å². The smallest absolute Gasteiger partial charge is 0.260 e. The van der Waals surface area contributed by atoms with E-state index < -0.39 is 5.60 Å². The number of likely N-dealkylation sites (tertiary alicyclic amines) is 1. The molecule has 3 rings (SSSR count). The molecule has 6 nitrogen and oxygen atoms in total. The summed E-state index contributed by atoms with van der Waals surface area (Å²) in [6.45, 7) is 2.95. The Hall–Kier alpha value is -2.60. The molecule has 6 heteroatoms. The number of carbonyl (C=O) groups is 1. The van der Waals surface area contributed by atoms with Crippen LogP contribution in [0.1, 0.15) is 18.4 Å². The maximum absolute atomic E-state index is 12.4. The van der Waals surface area contributed by atoms with Gasteiger partial charge in [0.05, 0.1) is 12.7 Å². The van der Waals surface area contributed by atoms with Gasteiger partial charge in [-0.1, -0.05) is 17.7 Å². The van der Waals surface area contributed by atoms with Crippen LogP contribution < -0.4 is 9.47 Å². The van der Waals surface area contributed by atoms with Crippen molar-refractivity contribution in [2.24, 2.45) is 0 Å². The van der Waals surface area contributed by atoms with E-state index in [0.29, 0.717) is 24.5 Å². The molecule has 1 N–H and O–H groups in total. The summed E-state index contributed by atoms with van der Waals surface area (Å²) in [4.78, 5) is 18.0. The van der Waals surface area contributed by atoms with E-state index in [2.05, 4.69) is 4.98 Å².